The lowest BCUT2D eigenvalue weighted by Crippen LogP contribution is -2.50. The van der Waals surface area contributed by atoms with E-state index in [2.05, 4.69) is 31.9 Å². The standard InChI is InChI=1S/C12H13Br2F3N2OS/c13-10-5-8(11(14)21-10)9(20)6-18-1-3-19(4-2-18)7-12(15,16)17/h5H,1-4,6-7H2. The van der Waals surface area contributed by atoms with Gasteiger partial charge < -0.3 is 0 Å². The van der Waals surface area contributed by atoms with E-state index in [9.17, 15) is 18.0 Å². The number of alkyl halides is 3. The predicted molar refractivity (Wildman–Crippen MR) is 83.0 cm³/mol. The van der Waals surface area contributed by atoms with Crippen LogP contribution in [0.4, 0.5) is 13.2 Å². The maximum atomic E-state index is 12.3. The van der Waals surface area contributed by atoms with Crippen molar-refractivity contribution in [1.82, 2.24) is 9.80 Å². The Morgan fingerprint density at radius 1 is 1.19 bits per heavy atom. The van der Waals surface area contributed by atoms with Crippen LogP contribution in [0.2, 0.25) is 0 Å². The molecule has 1 saturated heterocycles. The van der Waals surface area contributed by atoms with Crippen LogP contribution in [0.15, 0.2) is 13.6 Å². The highest BCUT2D eigenvalue weighted by molar-refractivity contribution is 9.12. The van der Waals surface area contributed by atoms with Gasteiger partial charge in [0, 0.05) is 31.7 Å². The first-order valence-electron chi connectivity index (χ1n) is 6.24. The van der Waals surface area contributed by atoms with Gasteiger partial charge in [0.25, 0.3) is 0 Å². The molecule has 3 nitrogen and oxygen atoms in total. The smallest absolute Gasteiger partial charge is 0.293 e. The van der Waals surface area contributed by atoms with Crippen molar-refractivity contribution in [2.45, 2.75) is 6.18 Å². The minimum atomic E-state index is -4.16. The zero-order valence-electron chi connectivity index (χ0n) is 10.9. The summed E-state index contributed by atoms with van der Waals surface area (Å²) in [5.74, 6) is -0.0203. The van der Waals surface area contributed by atoms with Crippen LogP contribution in [0.5, 0.6) is 0 Å². The van der Waals surface area contributed by atoms with Crippen LogP contribution < -0.4 is 0 Å². The van der Waals surface area contributed by atoms with Gasteiger partial charge in [0.15, 0.2) is 5.78 Å². The van der Waals surface area contributed by atoms with Gasteiger partial charge in [-0.05, 0) is 37.9 Å². The molecule has 0 saturated carbocycles. The Morgan fingerprint density at radius 3 is 2.24 bits per heavy atom. The summed E-state index contributed by atoms with van der Waals surface area (Å²) in [7, 11) is 0. The lowest BCUT2D eigenvalue weighted by Gasteiger charge is -2.34. The molecule has 0 N–H and O–H groups in total. The minimum Gasteiger partial charge on any atom is -0.293 e. The highest BCUT2D eigenvalue weighted by Crippen LogP contribution is 2.32. The van der Waals surface area contributed by atoms with Crippen LogP contribution >= 0.6 is 43.2 Å². The van der Waals surface area contributed by atoms with Crippen molar-refractivity contribution < 1.29 is 18.0 Å². The lowest BCUT2D eigenvalue weighted by molar-refractivity contribution is -0.149. The summed E-state index contributed by atoms with van der Waals surface area (Å²) in [5.41, 5.74) is 0.615. The molecule has 2 rings (SSSR count). The summed E-state index contributed by atoms with van der Waals surface area (Å²) in [6.45, 7) is 0.984. The number of carbonyl (C=O) groups is 1. The molecule has 21 heavy (non-hydrogen) atoms. The Hall–Kier alpha value is 0.0400. The SMILES string of the molecule is O=C(CN1CCN(CC(F)(F)F)CC1)c1cc(Br)sc1Br. The quantitative estimate of drug-likeness (QED) is 0.655. The van der Waals surface area contributed by atoms with E-state index in [0.29, 0.717) is 31.7 Å². The van der Waals surface area contributed by atoms with Crippen molar-refractivity contribution in [3.63, 3.8) is 0 Å². The van der Waals surface area contributed by atoms with Crippen LogP contribution in [0.25, 0.3) is 0 Å². The largest absolute Gasteiger partial charge is 0.401 e. The van der Waals surface area contributed by atoms with Gasteiger partial charge in [0.05, 0.1) is 20.7 Å². The Kier molecular flexibility index (Phi) is 5.86. The van der Waals surface area contributed by atoms with Crippen LogP contribution in [0.3, 0.4) is 0 Å². The summed E-state index contributed by atoms with van der Waals surface area (Å²) < 4.78 is 38.5. The summed E-state index contributed by atoms with van der Waals surface area (Å²) in [6, 6.07) is 1.76. The number of nitrogens with zero attached hydrogens (tertiary/aromatic N) is 2. The number of halogens is 5. The Balaban J connectivity index is 1.83. The van der Waals surface area contributed by atoms with Gasteiger partial charge in [0.1, 0.15) is 0 Å². The van der Waals surface area contributed by atoms with Crippen molar-refractivity contribution in [3.8, 4) is 0 Å². The minimum absolute atomic E-state index is 0.0203. The molecule has 1 aromatic rings. The van der Waals surface area contributed by atoms with Crippen molar-refractivity contribution >= 4 is 49.0 Å². The average molecular weight is 450 g/mol. The van der Waals surface area contributed by atoms with E-state index in [1.807, 2.05) is 4.90 Å². The van der Waals surface area contributed by atoms with E-state index in [1.165, 1.54) is 16.2 Å². The van der Waals surface area contributed by atoms with E-state index in [0.717, 1.165) is 7.57 Å². The van der Waals surface area contributed by atoms with Gasteiger partial charge in [-0.1, -0.05) is 0 Å². The number of rotatable bonds is 4. The molecule has 1 aliphatic heterocycles. The van der Waals surface area contributed by atoms with Crippen molar-refractivity contribution in [2.24, 2.45) is 0 Å². The second-order valence-electron chi connectivity index (χ2n) is 4.83. The molecule has 9 heteroatoms. The monoisotopic (exact) mass is 448 g/mol. The number of hydrogen-bond acceptors (Lipinski definition) is 4. The van der Waals surface area contributed by atoms with Gasteiger partial charge in [0.2, 0.25) is 0 Å². The first kappa shape index (κ1) is 17.4. The summed E-state index contributed by atoms with van der Waals surface area (Å²) in [5, 5.41) is 0. The molecule has 0 atom stereocenters. The van der Waals surface area contributed by atoms with Gasteiger partial charge >= 0.3 is 6.18 Å². The fourth-order valence-corrected chi connectivity index (χ4v) is 5.03. The van der Waals surface area contributed by atoms with E-state index in [1.54, 1.807) is 6.07 Å². The Morgan fingerprint density at radius 2 is 1.76 bits per heavy atom. The highest BCUT2D eigenvalue weighted by atomic mass is 79.9. The molecule has 0 spiro atoms. The molecule has 1 aliphatic rings. The zero-order valence-corrected chi connectivity index (χ0v) is 14.9. The summed E-state index contributed by atoms with van der Waals surface area (Å²) >= 11 is 8.09. The molecule has 1 aromatic heterocycles. The highest BCUT2D eigenvalue weighted by Gasteiger charge is 2.32. The topological polar surface area (TPSA) is 23.6 Å². The maximum Gasteiger partial charge on any atom is 0.401 e. The van der Waals surface area contributed by atoms with Crippen LogP contribution in [-0.4, -0.2) is 61.0 Å². The third-order valence-corrected chi connectivity index (χ3v) is 5.53. The third kappa shape index (κ3) is 5.31. The number of Topliss-reactive ketones (excluding diaryl/α,β-unsaturated/α-hetero) is 1. The molecular formula is C12H13Br2F3N2OS. The molecule has 0 unspecified atom stereocenters. The molecule has 0 aromatic carbocycles. The van der Waals surface area contributed by atoms with Gasteiger partial charge in [-0.2, -0.15) is 13.2 Å². The third-order valence-electron chi connectivity index (χ3n) is 3.19. The zero-order chi connectivity index (χ0) is 15.6. The Labute approximate surface area is 141 Å². The first-order valence-corrected chi connectivity index (χ1v) is 8.64. The van der Waals surface area contributed by atoms with E-state index >= 15 is 0 Å². The van der Waals surface area contributed by atoms with E-state index in [-0.39, 0.29) is 12.3 Å². The number of ketones is 1. The normalized spacial score (nSPS) is 18.1. The molecule has 0 aliphatic carbocycles. The number of hydrogen-bond donors (Lipinski definition) is 0. The van der Waals surface area contributed by atoms with Crippen molar-refractivity contribution in [3.05, 3.63) is 19.2 Å². The fraction of sp³-hybridized carbons (Fsp3) is 0.583. The summed E-state index contributed by atoms with van der Waals surface area (Å²) in [4.78, 5) is 15.4. The predicted octanol–water partition coefficient (Wildman–Crippen LogP) is 3.64. The van der Waals surface area contributed by atoms with Crippen molar-refractivity contribution in [2.75, 3.05) is 39.3 Å². The van der Waals surface area contributed by atoms with E-state index in [4.69, 9.17) is 0 Å². The van der Waals surface area contributed by atoms with Crippen LogP contribution in [0, 0.1) is 0 Å². The molecule has 2 heterocycles. The molecule has 0 bridgehead atoms. The number of piperazine rings is 1. The second-order valence-corrected chi connectivity index (χ2v) is 8.58. The maximum absolute atomic E-state index is 12.3. The molecule has 1 fully saturated rings. The molecule has 118 valence electrons. The van der Waals surface area contributed by atoms with Crippen molar-refractivity contribution in [1.29, 1.82) is 0 Å². The Bertz CT molecular complexity index is 513. The number of thiophene rings is 1. The van der Waals surface area contributed by atoms with Gasteiger partial charge in [-0.15, -0.1) is 11.3 Å². The average Bonchev–Trinajstić information content (AvgIpc) is 2.69. The molecular weight excluding hydrogens is 437 g/mol. The molecule has 0 radical (unpaired) electrons. The van der Waals surface area contributed by atoms with Gasteiger partial charge in [-0.25, -0.2) is 0 Å². The van der Waals surface area contributed by atoms with E-state index < -0.39 is 12.7 Å². The van der Waals surface area contributed by atoms with Crippen LogP contribution in [0.1, 0.15) is 10.4 Å². The lowest BCUT2D eigenvalue weighted by atomic mass is 10.2. The summed E-state index contributed by atoms with van der Waals surface area (Å²) in [6.07, 6.45) is -4.16. The number of carbonyl (C=O) groups excluding carboxylic acids is 1. The molecule has 0 amide bonds. The van der Waals surface area contributed by atoms with Gasteiger partial charge in [-0.3, -0.25) is 14.6 Å². The second kappa shape index (κ2) is 7.08. The first-order chi connectivity index (χ1) is 9.74. The fourth-order valence-electron chi connectivity index (χ4n) is 2.18. The van der Waals surface area contributed by atoms with Crippen LogP contribution in [-0.2, 0) is 0 Å².